The van der Waals surface area contributed by atoms with Crippen LogP contribution in [0.3, 0.4) is 0 Å². The quantitative estimate of drug-likeness (QED) is 0.543. The molecule has 1 aromatic carbocycles. The van der Waals surface area contributed by atoms with Gasteiger partial charge in [-0.2, -0.15) is 0 Å². The topological polar surface area (TPSA) is 138 Å². The average Bonchev–Trinajstić information content (AvgIpc) is 3.11. The molecule has 1 aromatic heterocycles. The molecule has 3 saturated heterocycles. The van der Waals surface area contributed by atoms with Gasteiger partial charge in [0, 0.05) is 19.0 Å². The second-order valence-corrected chi connectivity index (χ2v) is 8.28. The summed E-state index contributed by atoms with van der Waals surface area (Å²) in [5.41, 5.74) is -1.51. The van der Waals surface area contributed by atoms with Crippen LogP contribution in [0.25, 0.3) is 0 Å². The number of aliphatic hydroxyl groups excluding tert-OH is 2. The van der Waals surface area contributed by atoms with Crippen LogP contribution in [-0.4, -0.2) is 83.4 Å². The Morgan fingerprint density at radius 2 is 2.09 bits per heavy atom. The molecule has 3 aliphatic heterocycles. The van der Waals surface area contributed by atoms with Gasteiger partial charge in [0.25, 0.3) is 11.8 Å². The number of carbonyl (C=O) groups excluding carboxylic acids is 2. The van der Waals surface area contributed by atoms with Crippen LogP contribution in [0.15, 0.2) is 29.0 Å². The van der Waals surface area contributed by atoms with Gasteiger partial charge < -0.3 is 33.8 Å². The van der Waals surface area contributed by atoms with Crippen molar-refractivity contribution < 1.29 is 47.3 Å². The smallest absolute Gasteiger partial charge is 0.414 e. The number of likely N-dealkylation sites (tertiary alicyclic amines) is 1. The van der Waals surface area contributed by atoms with Crippen LogP contribution in [0.1, 0.15) is 12.0 Å². The van der Waals surface area contributed by atoms with Gasteiger partial charge in [0.2, 0.25) is 0 Å². The number of halogens is 2. The lowest BCUT2D eigenvalue weighted by molar-refractivity contribution is -0.142. The number of carbonyl (C=O) groups is 2. The fourth-order valence-corrected chi connectivity index (χ4v) is 4.44. The SMILES string of the molecule is O=C([C@@H](O)CO)N1CCC2(c3c(F)cc(N4C[C@H](COc5ccon5)OC4=O)cc3F)OC2C1. The predicted octanol–water partition coefficient (Wildman–Crippen LogP) is 0.537. The molecule has 0 saturated carbocycles. The number of epoxide rings is 1. The van der Waals surface area contributed by atoms with Crippen molar-refractivity contribution in [3.8, 4) is 5.88 Å². The van der Waals surface area contributed by atoms with Gasteiger partial charge in [-0.05, 0) is 17.3 Å². The van der Waals surface area contributed by atoms with Gasteiger partial charge in [-0.15, -0.1) is 0 Å². The standard InChI is InChI=1S/C21H21F2N3O8/c22-13-5-11(26-7-12(33-20(26)30)10-31-17-1-4-32-24-17)6-14(23)18(13)21-2-3-25(8-16(21)34-21)19(29)15(28)9-27/h1,4-6,12,15-16,27-28H,2-3,7-10H2/t12-,15+,16?,21?/m1/s1. The summed E-state index contributed by atoms with van der Waals surface area (Å²) in [4.78, 5) is 26.8. The maximum atomic E-state index is 15.1. The molecule has 3 aliphatic rings. The third-order valence-electron chi connectivity index (χ3n) is 6.19. The van der Waals surface area contributed by atoms with Gasteiger partial charge in [-0.3, -0.25) is 9.69 Å². The van der Waals surface area contributed by atoms with Crippen LogP contribution < -0.4 is 9.64 Å². The molecule has 2 N–H and O–H groups in total. The van der Waals surface area contributed by atoms with E-state index in [1.165, 1.54) is 17.2 Å². The number of ether oxygens (including phenoxy) is 3. The Balaban J connectivity index is 1.28. The third kappa shape index (κ3) is 3.85. The Hall–Kier alpha value is -3.29. The number of benzene rings is 1. The average molecular weight is 481 g/mol. The highest BCUT2D eigenvalue weighted by atomic mass is 19.1. The Kier molecular flexibility index (Phi) is 5.62. The Bertz CT molecular complexity index is 1080. The van der Waals surface area contributed by atoms with Gasteiger partial charge in [-0.1, -0.05) is 0 Å². The van der Waals surface area contributed by atoms with E-state index in [1.54, 1.807) is 0 Å². The number of aliphatic hydroxyl groups is 2. The zero-order chi connectivity index (χ0) is 24.0. The van der Waals surface area contributed by atoms with Crippen molar-refractivity contribution in [3.05, 3.63) is 41.7 Å². The largest absolute Gasteiger partial charge is 0.471 e. The molecule has 2 aromatic rings. The van der Waals surface area contributed by atoms with Gasteiger partial charge in [-0.25, -0.2) is 13.6 Å². The zero-order valence-corrected chi connectivity index (χ0v) is 17.7. The van der Waals surface area contributed by atoms with E-state index in [0.717, 1.165) is 17.0 Å². The Morgan fingerprint density at radius 1 is 1.32 bits per heavy atom. The summed E-state index contributed by atoms with van der Waals surface area (Å²) in [6.45, 7) is -0.593. The van der Waals surface area contributed by atoms with Crippen LogP contribution in [-0.2, 0) is 19.9 Å². The molecule has 0 bridgehead atoms. The highest BCUT2D eigenvalue weighted by Gasteiger charge is 2.63. The summed E-state index contributed by atoms with van der Waals surface area (Å²) in [6.07, 6.45) is -2.22. The molecular weight excluding hydrogens is 460 g/mol. The van der Waals surface area contributed by atoms with Gasteiger partial charge in [0.1, 0.15) is 36.2 Å². The number of cyclic esters (lactones) is 1. The lowest BCUT2D eigenvalue weighted by atomic mass is 9.87. The monoisotopic (exact) mass is 481 g/mol. The van der Waals surface area contributed by atoms with E-state index in [-0.39, 0.29) is 49.8 Å². The zero-order valence-electron chi connectivity index (χ0n) is 17.7. The van der Waals surface area contributed by atoms with Crippen LogP contribution in [0.5, 0.6) is 5.88 Å². The molecule has 0 aliphatic carbocycles. The number of hydrogen-bond acceptors (Lipinski definition) is 9. The molecular formula is C21H21F2N3O8. The predicted molar refractivity (Wildman–Crippen MR) is 107 cm³/mol. The highest BCUT2D eigenvalue weighted by Crippen LogP contribution is 2.54. The van der Waals surface area contributed by atoms with Crippen LogP contribution in [0, 0.1) is 11.6 Å². The summed E-state index contributed by atoms with van der Waals surface area (Å²) < 4.78 is 51.1. The highest BCUT2D eigenvalue weighted by molar-refractivity contribution is 5.89. The Morgan fingerprint density at radius 3 is 2.74 bits per heavy atom. The minimum atomic E-state index is -1.55. The molecule has 0 spiro atoms. The number of fused-ring (bicyclic) bond motifs is 1. The van der Waals surface area contributed by atoms with Crippen molar-refractivity contribution in [2.45, 2.75) is 30.3 Å². The summed E-state index contributed by atoms with van der Waals surface area (Å²) in [7, 11) is 0. The second kappa shape index (κ2) is 8.49. The van der Waals surface area contributed by atoms with E-state index in [4.69, 9.17) is 19.3 Å². The first-order valence-electron chi connectivity index (χ1n) is 10.6. The van der Waals surface area contributed by atoms with E-state index in [9.17, 15) is 14.7 Å². The molecule has 5 rings (SSSR count). The molecule has 2 amide bonds. The Labute approximate surface area is 191 Å². The molecule has 0 radical (unpaired) electrons. The van der Waals surface area contributed by atoms with Crippen molar-refractivity contribution in [3.63, 3.8) is 0 Å². The van der Waals surface area contributed by atoms with E-state index in [0.29, 0.717) is 0 Å². The first kappa shape index (κ1) is 22.5. The maximum absolute atomic E-state index is 15.1. The summed E-state index contributed by atoms with van der Waals surface area (Å²) in [5.74, 6) is -2.23. The van der Waals surface area contributed by atoms with Gasteiger partial charge in [0.05, 0.1) is 30.9 Å². The van der Waals surface area contributed by atoms with E-state index in [1.807, 2.05) is 0 Å². The van der Waals surface area contributed by atoms with E-state index >= 15 is 8.78 Å². The van der Waals surface area contributed by atoms with Gasteiger partial charge in [0.15, 0.2) is 12.2 Å². The van der Waals surface area contributed by atoms with Crippen molar-refractivity contribution in [1.29, 1.82) is 0 Å². The molecule has 4 atom stereocenters. The van der Waals surface area contributed by atoms with Crippen molar-refractivity contribution >= 4 is 17.7 Å². The number of hydrogen-bond donors (Lipinski definition) is 2. The number of anilines is 1. The summed E-state index contributed by atoms with van der Waals surface area (Å²) >= 11 is 0. The van der Waals surface area contributed by atoms with Crippen LogP contribution >= 0.6 is 0 Å². The number of piperidine rings is 1. The minimum absolute atomic E-state index is 0.0139. The van der Waals surface area contributed by atoms with Gasteiger partial charge >= 0.3 is 6.09 Å². The van der Waals surface area contributed by atoms with Crippen molar-refractivity contribution in [2.75, 3.05) is 37.7 Å². The molecule has 2 unspecified atom stereocenters. The van der Waals surface area contributed by atoms with Crippen LogP contribution in [0.2, 0.25) is 0 Å². The number of rotatable bonds is 7. The van der Waals surface area contributed by atoms with Crippen molar-refractivity contribution in [2.24, 2.45) is 0 Å². The summed E-state index contributed by atoms with van der Waals surface area (Å²) in [5, 5.41) is 22.1. The normalized spacial score (nSPS) is 26.8. The first-order valence-corrected chi connectivity index (χ1v) is 10.6. The third-order valence-corrected chi connectivity index (χ3v) is 6.19. The lowest BCUT2D eigenvalue weighted by Crippen LogP contribution is -2.47. The molecule has 13 heteroatoms. The van der Waals surface area contributed by atoms with Crippen molar-refractivity contribution in [1.82, 2.24) is 10.1 Å². The molecule has 4 heterocycles. The second-order valence-electron chi connectivity index (χ2n) is 8.28. The number of nitrogens with zero attached hydrogens (tertiary/aromatic N) is 3. The molecule has 11 nitrogen and oxygen atoms in total. The summed E-state index contributed by atoms with van der Waals surface area (Å²) in [6, 6.07) is 3.57. The van der Waals surface area contributed by atoms with E-state index < -0.39 is 54.2 Å². The molecule has 34 heavy (non-hydrogen) atoms. The molecule has 3 fully saturated rings. The fraction of sp³-hybridized carbons (Fsp3) is 0.476. The number of aromatic nitrogens is 1. The maximum Gasteiger partial charge on any atom is 0.414 e. The molecule has 182 valence electrons. The fourth-order valence-electron chi connectivity index (χ4n) is 4.44. The minimum Gasteiger partial charge on any atom is -0.471 e. The lowest BCUT2D eigenvalue weighted by Gasteiger charge is -2.30. The van der Waals surface area contributed by atoms with E-state index in [2.05, 4.69) is 9.68 Å². The number of amides is 2. The first-order chi connectivity index (χ1) is 16.3. The van der Waals surface area contributed by atoms with Crippen LogP contribution in [0.4, 0.5) is 19.3 Å².